The van der Waals surface area contributed by atoms with Gasteiger partial charge in [-0.25, -0.2) is 9.78 Å². The van der Waals surface area contributed by atoms with Crippen LogP contribution in [0, 0.1) is 0 Å². The van der Waals surface area contributed by atoms with E-state index in [1.54, 1.807) is 0 Å². The molecule has 1 aliphatic rings. The Kier molecular flexibility index (Phi) is 3.86. The first-order chi connectivity index (χ1) is 11.7. The number of fused-ring (bicyclic) bond motifs is 1. The molecule has 130 valence electrons. The van der Waals surface area contributed by atoms with E-state index in [1.165, 1.54) is 36.2 Å². The van der Waals surface area contributed by atoms with Gasteiger partial charge < -0.3 is 10.6 Å². The van der Waals surface area contributed by atoms with Crippen LogP contribution in [0.5, 0.6) is 0 Å². The van der Waals surface area contributed by atoms with Gasteiger partial charge in [0.15, 0.2) is 5.82 Å². The summed E-state index contributed by atoms with van der Waals surface area (Å²) in [7, 11) is 1.52. The molecule has 1 aliphatic heterocycles. The standard InChI is InChI=1S/C16H13F3N4O2/c1-22-12-6-5-11(9-3-2-4-10(7-9)16(17,18)19)21-14(12)23(15(20)25)8-13(22)24/h2-7H,8H2,1H3,(H2,20,25). The smallest absolute Gasteiger partial charge is 0.351 e. The fourth-order valence-corrected chi connectivity index (χ4v) is 2.55. The molecular formula is C16H13F3N4O2. The van der Waals surface area contributed by atoms with Gasteiger partial charge in [0.05, 0.1) is 16.9 Å². The van der Waals surface area contributed by atoms with E-state index in [-0.39, 0.29) is 29.5 Å². The van der Waals surface area contributed by atoms with Gasteiger partial charge in [0.2, 0.25) is 5.91 Å². The topological polar surface area (TPSA) is 79.5 Å². The van der Waals surface area contributed by atoms with Crippen molar-refractivity contribution in [3.05, 3.63) is 42.0 Å². The first kappa shape index (κ1) is 16.7. The van der Waals surface area contributed by atoms with Crippen molar-refractivity contribution >= 4 is 23.4 Å². The molecule has 2 N–H and O–H groups in total. The van der Waals surface area contributed by atoms with Crippen LogP contribution < -0.4 is 15.5 Å². The number of anilines is 2. The number of alkyl halides is 3. The number of nitrogens with two attached hydrogens (primary N) is 1. The molecule has 3 rings (SSSR count). The number of nitrogens with zero attached hydrogens (tertiary/aromatic N) is 3. The number of hydrogen-bond donors (Lipinski definition) is 1. The van der Waals surface area contributed by atoms with Crippen LogP contribution in [0.2, 0.25) is 0 Å². The molecule has 6 nitrogen and oxygen atoms in total. The molecule has 25 heavy (non-hydrogen) atoms. The number of primary amides is 1. The number of carbonyl (C=O) groups excluding carboxylic acids is 2. The van der Waals surface area contributed by atoms with E-state index in [2.05, 4.69) is 4.98 Å². The molecule has 0 spiro atoms. The van der Waals surface area contributed by atoms with Crippen molar-refractivity contribution in [3.63, 3.8) is 0 Å². The van der Waals surface area contributed by atoms with Crippen LogP contribution >= 0.6 is 0 Å². The molecule has 0 unspecified atom stereocenters. The molecule has 0 saturated heterocycles. The van der Waals surface area contributed by atoms with Gasteiger partial charge in [-0.2, -0.15) is 13.2 Å². The Morgan fingerprint density at radius 1 is 1.24 bits per heavy atom. The van der Waals surface area contributed by atoms with Gasteiger partial charge in [0.25, 0.3) is 0 Å². The van der Waals surface area contributed by atoms with E-state index in [0.717, 1.165) is 17.0 Å². The fourth-order valence-electron chi connectivity index (χ4n) is 2.55. The first-order valence-corrected chi connectivity index (χ1v) is 7.20. The molecular weight excluding hydrogens is 337 g/mol. The van der Waals surface area contributed by atoms with Gasteiger partial charge in [-0.1, -0.05) is 12.1 Å². The minimum Gasteiger partial charge on any atom is -0.351 e. The summed E-state index contributed by atoms with van der Waals surface area (Å²) in [4.78, 5) is 30.1. The molecule has 0 atom stereocenters. The Bertz CT molecular complexity index is 867. The van der Waals surface area contributed by atoms with Gasteiger partial charge in [-0.3, -0.25) is 9.69 Å². The Hall–Kier alpha value is -3.10. The highest BCUT2D eigenvalue weighted by atomic mass is 19.4. The highest BCUT2D eigenvalue weighted by Crippen LogP contribution is 2.35. The van der Waals surface area contributed by atoms with E-state index in [9.17, 15) is 22.8 Å². The normalized spacial score (nSPS) is 14.5. The minimum absolute atomic E-state index is 0.129. The molecule has 1 aromatic heterocycles. The van der Waals surface area contributed by atoms with E-state index in [4.69, 9.17) is 5.73 Å². The zero-order chi connectivity index (χ0) is 18.4. The molecule has 0 radical (unpaired) electrons. The lowest BCUT2D eigenvalue weighted by molar-refractivity contribution is -0.137. The maximum atomic E-state index is 12.9. The number of likely N-dealkylation sites (N-methyl/N-ethyl adjacent to an activating group) is 1. The number of rotatable bonds is 1. The zero-order valence-electron chi connectivity index (χ0n) is 13.0. The van der Waals surface area contributed by atoms with Gasteiger partial charge in [-0.05, 0) is 24.3 Å². The monoisotopic (exact) mass is 350 g/mol. The third-order valence-electron chi connectivity index (χ3n) is 3.89. The molecule has 0 aliphatic carbocycles. The summed E-state index contributed by atoms with van der Waals surface area (Å²) in [5.74, 6) is -0.218. The lowest BCUT2D eigenvalue weighted by Gasteiger charge is -2.32. The van der Waals surface area contributed by atoms with Gasteiger partial charge in [-0.15, -0.1) is 0 Å². The summed E-state index contributed by atoms with van der Waals surface area (Å²) in [5, 5.41) is 0. The Balaban J connectivity index is 2.11. The summed E-state index contributed by atoms with van der Waals surface area (Å²) < 4.78 is 38.7. The number of amides is 3. The van der Waals surface area contributed by atoms with E-state index in [1.807, 2.05) is 0 Å². The van der Waals surface area contributed by atoms with Crippen LogP contribution in [0.25, 0.3) is 11.3 Å². The van der Waals surface area contributed by atoms with Gasteiger partial charge in [0, 0.05) is 12.6 Å². The highest BCUT2D eigenvalue weighted by Gasteiger charge is 2.32. The molecule has 9 heteroatoms. The van der Waals surface area contributed by atoms with Crippen molar-refractivity contribution in [2.75, 3.05) is 23.4 Å². The van der Waals surface area contributed by atoms with Gasteiger partial charge >= 0.3 is 12.2 Å². The molecule has 2 aromatic rings. The number of aromatic nitrogens is 1. The van der Waals surface area contributed by atoms with E-state index in [0.29, 0.717) is 5.69 Å². The number of halogens is 3. The molecule has 0 saturated carbocycles. The molecule has 0 fully saturated rings. The largest absolute Gasteiger partial charge is 0.416 e. The molecule has 0 bridgehead atoms. The maximum absolute atomic E-state index is 12.9. The highest BCUT2D eigenvalue weighted by molar-refractivity contribution is 6.09. The molecule has 2 heterocycles. The van der Waals surface area contributed by atoms with Crippen LogP contribution in [0.4, 0.5) is 29.5 Å². The van der Waals surface area contributed by atoms with Crippen LogP contribution in [0.15, 0.2) is 36.4 Å². The van der Waals surface area contributed by atoms with Crippen molar-refractivity contribution in [2.45, 2.75) is 6.18 Å². The van der Waals surface area contributed by atoms with Gasteiger partial charge in [0.1, 0.15) is 6.54 Å². The predicted octanol–water partition coefficient (Wildman–Crippen LogP) is 2.63. The summed E-state index contributed by atoms with van der Waals surface area (Å²) >= 11 is 0. The third-order valence-corrected chi connectivity index (χ3v) is 3.89. The fraction of sp³-hybridized carbons (Fsp3) is 0.188. The quantitative estimate of drug-likeness (QED) is 0.859. The Labute approximate surface area is 140 Å². The van der Waals surface area contributed by atoms with E-state index >= 15 is 0 Å². The number of hydrogen-bond acceptors (Lipinski definition) is 3. The summed E-state index contributed by atoms with van der Waals surface area (Å²) in [6.45, 7) is -0.280. The van der Waals surface area contributed by atoms with Crippen LogP contribution in [0.3, 0.4) is 0 Å². The number of carbonyl (C=O) groups is 2. The lowest BCUT2D eigenvalue weighted by Crippen LogP contribution is -2.49. The lowest BCUT2D eigenvalue weighted by atomic mass is 10.1. The second kappa shape index (κ2) is 5.76. The van der Waals surface area contributed by atoms with Crippen molar-refractivity contribution in [1.82, 2.24) is 4.98 Å². The number of urea groups is 1. The van der Waals surface area contributed by atoms with Crippen molar-refractivity contribution in [3.8, 4) is 11.3 Å². The average Bonchev–Trinajstić information content (AvgIpc) is 2.57. The second-order valence-corrected chi connectivity index (χ2v) is 5.49. The van der Waals surface area contributed by atoms with Crippen molar-refractivity contribution in [2.24, 2.45) is 5.73 Å². The summed E-state index contributed by atoms with van der Waals surface area (Å²) in [6.07, 6.45) is -4.48. The van der Waals surface area contributed by atoms with Crippen molar-refractivity contribution < 1.29 is 22.8 Å². The molecule has 3 amide bonds. The zero-order valence-corrected chi connectivity index (χ0v) is 13.0. The number of benzene rings is 1. The third kappa shape index (κ3) is 3.00. The predicted molar refractivity (Wildman–Crippen MR) is 85.0 cm³/mol. The van der Waals surface area contributed by atoms with Crippen molar-refractivity contribution in [1.29, 1.82) is 0 Å². The first-order valence-electron chi connectivity index (χ1n) is 7.20. The SMILES string of the molecule is CN1C(=O)CN(C(N)=O)c2nc(-c3cccc(C(F)(F)F)c3)ccc21. The second-order valence-electron chi connectivity index (χ2n) is 5.49. The van der Waals surface area contributed by atoms with E-state index < -0.39 is 17.8 Å². The summed E-state index contributed by atoms with van der Waals surface area (Å²) in [5.41, 5.74) is 5.31. The average molecular weight is 350 g/mol. The maximum Gasteiger partial charge on any atom is 0.416 e. The van der Waals surface area contributed by atoms with Crippen LogP contribution in [0.1, 0.15) is 5.56 Å². The van der Waals surface area contributed by atoms with Crippen LogP contribution in [-0.2, 0) is 11.0 Å². The molecule has 1 aromatic carbocycles. The minimum atomic E-state index is -4.48. The number of pyridine rings is 1. The summed E-state index contributed by atoms with van der Waals surface area (Å²) in [6, 6.07) is 6.84. The Morgan fingerprint density at radius 2 is 1.96 bits per heavy atom. The Morgan fingerprint density at radius 3 is 2.60 bits per heavy atom. The van der Waals surface area contributed by atoms with Crippen LogP contribution in [-0.4, -0.2) is 30.5 Å².